The van der Waals surface area contributed by atoms with Crippen molar-refractivity contribution in [2.45, 2.75) is 45.7 Å². The van der Waals surface area contributed by atoms with Crippen molar-refractivity contribution in [3.8, 4) is 0 Å². The van der Waals surface area contributed by atoms with Crippen LogP contribution in [0.3, 0.4) is 0 Å². The molecule has 0 aromatic rings. The molecule has 0 aromatic heterocycles. The van der Waals surface area contributed by atoms with Crippen LogP contribution in [0.15, 0.2) is 0 Å². The van der Waals surface area contributed by atoms with Gasteiger partial charge < -0.3 is 11.1 Å². The van der Waals surface area contributed by atoms with Crippen LogP contribution in [-0.2, 0) is 4.79 Å². The van der Waals surface area contributed by atoms with Crippen LogP contribution in [-0.4, -0.2) is 67.1 Å². The predicted molar refractivity (Wildman–Crippen MR) is 79.0 cm³/mol. The highest BCUT2D eigenvalue weighted by Gasteiger charge is 2.27. The summed E-state index contributed by atoms with van der Waals surface area (Å²) in [5, 5.41) is 2.90. The van der Waals surface area contributed by atoms with Crippen molar-refractivity contribution in [2.75, 3.05) is 39.3 Å². The summed E-state index contributed by atoms with van der Waals surface area (Å²) in [7, 11) is 0. The lowest BCUT2D eigenvalue weighted by Gasteiger charge is -2.40. The predicted octanol–water partition coefficient (Wildman–Crippen LogP) is 0.256. The average molecular weight is 270 g/mol. The number of nitrogens with one attached hydrogen (secondary N) is 1. The van der Waals surface area contributed by atoms with Gasteiger partial charge in [0.25, 0.3) is 0 Å². The summed E-state index contributed by atoms with van der Waals surface area (Å²) in [5.41, 5.74) is 5.67. The van der Waals surface area contributed by atoms with Crippen LogP contribution >= 0.6 is 0 Å². The Bertz CT molecular complexity index is 264. The van der Waals surface area contributed by atoms with Gasteiger partial charge in [-0.1, -0.05) is 6.92 Å². The van der Waals surface area contributed by atoms with E-state index in [-0.39, 0.29) is 11.9 Å². The lowest BCUT2D eigenvalue weighted by atomic mass is 10.1. The molecule has 2 unspecified atom stereocenters. The summed E-state index contributed by atoms with van der Waals surface area (Å²) < 4.78 is 0. The summed E-state index contributed by atoms with van der Waals surface area (Å²) >= 11 is 0. The zero-order valence-corrected chi connectivity index (χ0v) is 12.7. The second-order valence-electron chi connectivity index (χ2n) is 5.28. The number of rotatable bonds is 7. The summed E-state index contributed by atoms with van der Waals surface area (Å²) in [6, 6.07) is 0.587. The summed E-state index contributed by atoms with van der Waals surface area (Å²) in [5.74, 6) is 0.143. The first-order valence-electron chi connectivity index (χ1n) is 7.59. The van der Waals surface area contributed by atoms with Gasteiger partial charge in [0, 0.05) is 38.8 Å². The van der Waals surface area contributed by atoms with Gasteiger partial charge in [0.05, 0.1) is 6.04 Å². The molecule has 1 heterocycles. The number of carbonyl (C=O) groups is 1. The maximum atomic E-state index is 11.8. The van der Waals surface area contributed by atoms with Crippen LogP contribution < -0.4 is 11.1 Å². The van der Waals surface area contributed by atoms with Crippen molar-refractivity contribution in [3.63, 3.8) is 0 Å². The van der Waals surface area contributed by atoms with Crippen molar-refractivity contribution in [3.05, 3.63) is 0 Å². The number of piperazine rings is 1. The lowest BCUT2D eigenvalue weighted by molar-refractivity contribution is -0.126. The summed E-state index contributed by atoms with van der Waals surface area (Å²) in [6.45, 7) is 11.7. The van der Waals surface area contributed by atoms with E-state index in [9.17, 15) is 4.79 Å². The van der Waals surface area contributed by atoms with Crippen molar-refractivity contribution < 1.29 is 4.79 Å². The van der Waals surface area contributed by atoms with Crippen molar-refractivity contribution in [1.82, 2.24) is 15.1 Å². The van der Waals surface area contributed by atoms with E-state index >= 15 is 0 Å². The fraction of sp³-hybridized carbons (Fsp3) is 0.929. The molecule has 1 aliphatic rings. The van der Waals surface area contributed by atoms with Crippen LogP contribution in [0.1, 0.15) is 33.6 Å². The molecule has 0 spiro atoms. The number of nitrogens with two attached hydrogens (primary N) is 1. The number of hydrogen-bond donors (Lipinski definition) is 2. The standard InChI is InChI=1S/C14H30N4O/c1-4-13(6-7-15)18-10-8-17(9-11-18)12(3)14(19)16-5-2/h12-13H,4-11,15H2,1-3H3,(H,16,19). The van der Waals surface area contributed by atoms with E-state index in [0.717, 1.165) is 45.6 Å². The minimum absolute atomic E-state index is 0.0170. The van der Waals surface area contributed by atoms with E-state index in [2.05, 4.69) is 22.0 Å². The molecule has 0 saturated carbocycles. The zero-order valence-electron chi connectivity index (χ0n) is 12.7. The summed E-state index contributed by atoms with van der Waals surface area (Å²) in [4.78, 5) is 16.6. The van der Waals surface area contributed by atoms with Crippen molar-refractivity contribution in [2.24, 2.45) is 5.73 Å². The molecule has 5 nitrogen and oxygen atoms in total. The Morgan fingerprint density at radius 1 is 1.21 bits per heavy atom. The Morgan fingerprint density at radius 2 is 1.79 bits per heavy atom. The normalized spacial score (nSPS) is 21.1. The third kappa shape index (κ3) is 4.75. The van der Waals surface area contributed by atoms with E-state index in [1.54, 1.807) is 0 Å². The van der Waals surface area contributed by atoms with E-state index in [4.69, 9.17) is 5.73 Å². The van der Waals surface area contributed by atoms with Crippen LogP contribution in [0.5, 0.6) is 0 Å². The van der Waals surface area contributed by atoms with Gasteiger partial charge in [0.2, 0.25) is 5.91 Å². The molecule has 1 aliphatic heterocycles. The Balaban J connectivity index is 2.41. The molecule has 5 heteroatoms. The third-order valence-electron chi connectivity index (χ3n) is 4.11. The Hall–Kier alpha value is -0.650. The zero-order chi connectivity index (χ0) is 14.3. The van der Waals surface area contributed by atoms with Crippen LogP contribution in [0.4, 0.5) is 0 Å². The number of hydrogen-bond acceptors (Lipinski definition) is 4. The first kappa shape index (κ1) is 16.4. The third-order valence-corrected chi connectivity index (χ3v) is 4.11. The highest BCUT2D eigenvalue weighted by atomic mass is 16.2. The average Bonchev–Trinajstić information content (AvgIpc) is 2.44. The molecule has 3 N–H and O–H groups in total. The van der Waals surface area contributed by atoms with E-state index < -0.39 is 0 Å². The smallest absolute Gasteiger partial charge is 0.237 e. The molecular formula is C14H30N4O. The SMILES string of the molecule is CCNC(=O)C(C)N1CCN(C(CC)CCN)CC1. The van der Waals surface area contributed by atoms with Gasteiger partial charge in [-0.25, -0.2) is 0 Å². The minimum Gasteiger partial charge on any atom is -0.355 e. The fourth-order valence-corrected chi connectivity index (χ4v) is 2.81. The molecule has 1 amide bonds. The molecule has 19 heavy (non-hydrogen) atoms. The molecule has 0 aliphatic carbocycles. The molecule has 1 saturated heterocycles. The first-order chi connectivity index (χ1) is 9.13. The quantitative estimate of drug-likeness (QED) is 0.696. The van der Waals surface area contributed by atoms with Crippen LogP contribution in [0, 0.1) is 0 Å². The second kappa shape index (κ2) is 8.51. The fourth-order valence-electron chi connectivity index (χ4n) is 2.81. The minimum atomic E-state index is -0.0170. The van der Waals surface area contributed by atoms with Crippen molar-refractivity contribution >= 4 is 5.91 Å². The molecular weight excluding hydrogens is 240 g/mol. The highest BCUT2D eigenvalue weighted by molar-refractivity contribution is 5.81. The lowest BCUT2D eigenvalue weighted by Crippen LogP contribution is -2.55. The number of amides is 1. The first-order valence-corrected chi connectivity index (χ1v) is 7.59. The summed E-state index contributed by atoms with van der Waals surface area (Å²) in [6.07, 6.45) is 2.23. The largest absolute Gasteiger partial charge is 0.355 e. The second-order valence-corrected chi connectivity index (χ2v) is 5.28. The molecule has 0 aromatic carbocycles. The highest BCUT2D eigenvalue weighted by Crippen LogP contribution is 2.13. The van der Waals surface area contributed by atoms with Gasteiger partial charge in [-0.05, 0) is 33.2 Å². The van der Waals surface area contributed by atoms with Gasteiger partial charge in [0.15, 0.2) is 0 Å². The van der Waals surface area contributed by atoms with E-state index in [0.29, 0.717) is 12.6 Å². The molecule has 0 radical (unpaired) electrons. The molecule has 1 fully saturated rings. The maximum Gasteiger partial charge on any atom is 0.237 e. The van der Waals surface area contributed by atoms with E-state index in [1.165, 1.54) is 0 Å². The van der Waals surface area contributed by atoms with Gasteiger partial charge in [-0.2, -0.15) is 0 Å². The molecule has 1 rings (SSSR count). The Morgan fingerprint density at radius 3 is 2.26 bits per heavy atom. The number of carbonyl (C=O) groups excluding carboxylic acids is 1. The van der Waals surface area contributed by atoms with Crippen molar-refractivity contribution in [1.29, 1.82) is 0 Å². The van der Waals surface area contributed by atoms with Gasteiger partial charge >= 0.3 is 0 Å². The van der Waals surface area contributed by atoms with Gasteiger partial charge in [0.1, 0.15) is 0 Å². The van der Waals surface area contributed by atoms with E-state index in [1.807, 2.05) is 13.8 Å². The topological polar surface area (TPSA) is 61.6 Å². The Labute approximate surface area is 117 Å². The number of likely N-dealkylation sites (N-methyl/N-ethyl adjacent to an activating group) is 1. The molecule has 2 atom stereocenters. The Kier molecular flexibility index (Phi) is 7.34. The van der Waals surface area contributed by atoms with Crippen LogP contribution in [0.2, 0.25) is 0 Å². The van der Waals surface area contributed by atoms with Gasteiger partial charge in [-0.3, -0.25) is 14.6 Å². The maximum absolute atomic E-state index is 11.8. The van der Waals surface area contributed by atoms with Gasteiger partial charge in [-0.15, -0.1) is 0 Å². The molecule has 0 bridgehead atoms. The monoisotopic (exact) mass is 270 g/mol. The number of nitrogens with zero attached hydrogens (tertiary/aromatic N) is 2. The molecule has 112 valence electrons. The van der Waals surface area contributed by atoms with Crippen LogP contribution in [0.25, 0.3) is 0 Å².